The van der Waals surface area contributed by atoms with Crippen molar-refractivity contribution in [2.45, 2.75) is 0 Å². The van der Waals surface area contributed by atoms with Gasteiger partial charge in [-0.15, -0.1) is 0 Å². The molecule has 0 unspecified atom stereocenters. The second kappa shape index (κ2) is 6.46. The summed E-state index contributed by atoms with van der Waals surface area (Å²) in [7, 11) is -0.584. The van der Waals surface area contributed by atoms with Crippen LogP contribution in [0.3, 0.4) is 0 Å². The summed E-state index contributed by atoms with van der Waals surface area (Å²) in [6.45, 7) is 0. The largest absolute Gasteiger partial charge is 0.457 e. The van der Waals surface area contributed by atoms with Crippen LogP contribution in [0, 0.1) is 0 Å². The number of benzene rings is 2. The molecule has 0 saturated carbocycles. The predicted octanol–water partition coefficient (Wildman–Crippen LogP) is 3.25. The van der Waals surface area contributed by atoms with E-state index in [-0.39, 0.29) is 0 Å². The van der Waals surface area contributed by atoms with Crippen molar-refractivity contribution in [1.29, 1.82) is 0 Å². The molecule has 0 fully saturated rings. The Morgan fingerprint density at radius 1 is 1.00 bits per heavy atom. The zero-order chi connectivity index (χ0) is 17.2. The van der Waals surface area contributed by atoms with E-state index in [9.17, 15) is 8.42 Å². The summed E-state index contributed by atoms with van der Waals surface area (Å²) in [5, 5.41) is 0.914. The lowest BCUT2D eigenvalue weighted by atomic mass is 10.2. The maximum Gasteiger partial charge on any atom is 0.301 e. The van der Waals surface area contributed by atoms with E-state index in [2.05, 4.69) is 9.71 Å². The number of anilines is 1. The lowest BCUT2D eigenvalue weighted by Gasteiger charge is -2.14. The molecule has 1 heterocycles. The highest BCUT2D eigenvalue weighted by molar-refractivity contribution is 7.90. The molecule has 3 rings (SSSR count). The minimum atomic E-state index is -3.52. The lowest BCUT2D eigenvalue weighted by Crippen LogP contribution is -2.28. The van der Waals surface area contributed by atoms with Crippen LogP contribution in [0.25, 0.3) is 10.9 Å². The molecule has 0 saturated heterocycles. The van der Waals surface area contributed by atoms with Crippen LogP contribution in [0.4, 0.5) is 5.69 Å². The summed E-state index contributed by atoms with van der Waals surface area (Å²) in [4.78, 5) is 4.29. The minimum absolute atomic E-state index is 0.468. The van der Waals surface area contributed by atoms with E-state index >= 15 is 0 Å². The van der Waals surface area contributed by atoms with Gasteiger partial charge in [-0.3, -0.25) is 9.71 Å². The lowest BCUT2D eigenvalue weighted by molar-refractivity contribution is 0.488. The number of para-hydroxylation sites is 1. The molecule has 1 aromatic heterocycles. The van der Waals surface area contributed by atoms with E-state index in [1.807, 2.05) is 24.3 Å². The van der Waals surface area contributed by atoms with Gasteiger partial charge < -0.3 is 4.74 Å². The van der Waals surface area contributed by atoms with Crippen molar-refractivity contribution in [3.63, 3.8) is 0 Å². The van der Waals surface area contributed by atoms with Gasteiger partial charge in [0.05, 0.1) is 11.2 Å². The van der Waals surface area contributed by atoms with Crippen LogP contribution in [0.15, 0.2) is 60.8 Å². The number of nitrogens with one attached hydrogen (secondary N) is 1. The van der Waals surface area contributed by atoms with Crippen molar-refractivity contribution in [1.82, 2.24) is 9.29 Å². The third-order valence-electron chi connectivity index (χ3n) is 3.42. The van der Waals surface area contributed by atoms with Crippen molar-refractivity contribution in [2.75, 3.05) is 18.8 Å². The van der Waals surface area contributed by atoms with Gasteiger partial charge in [-0.2, -0.15) is 12.7 Å². The smallest absolute Gasteiger partial charge is 0.301 e. The Hall–Kier alpha value is -2.64. The second-order valence-corrected chi connectivity index (χ2v) is 7.23. The maximum absolute atomic E-state index is 11.8. The van der Waals surface area contributed by atoms with E-state index in [1.54, 1.807) is 36.5 Å². The summed E-state index contributed by atoms with van der Waals surface area (Å²) in [5.74, 6) is 1.31. The van der Waals surface area contributed by atoms with E-state index in [1.165, 1.54) is 14.1 Å². The fourth-order valence-corrected chi connectivity index (χ4v) is 2.73. The molecule has 24 heavy (non-hydrogen) atoms. The van der Waals surface area contributed by atoms with Crippen LogP contribution in [0.2, 0.25) is 0 Å². The number of pyridine rings is 1. The molecule has 3 aromatic rings. The van der Waals surface area contributed by atoms with Crippen LogP contribution >= 0.6 is 0 Å². The van der Waals surface area contributed by atoms with Crippen molar-refractivity contribution in [2.24, 2.45) is 0 Å². The van der Waals surface area contributed by atoms with Gasteiger partial charge in [-0.25, -0.2) is 0 Å². The molecule has 0 aliphatic carbocycles. The number of hydrogen-bond acceptors (Lipinski definition) is 4. The van der Waals surface area contributed by atoms with E-state index in [0.29, 0.717) is 17.2 Å². The highest BCUT2D eigenvalue weighted by Gasteiger charge is 2.12. The average molecular weight is 343 g/mol. The summed E-state index contributed by atoms with van der Waals surface area (Å²) in [5.41, 5.74) is 1.32. The van der Waals surface area contributed by atoms with Gasteiger partial charge in [0, 0.05) is 25.7 Å². The van der Waals surface area contributed by atoms with Crippen LogP contribution < -0.4 is 9.46 Å². The Kier molecular flexibility index (Phi) is 4.37. The normalized spacial score (nSPS) is 11.6. The molecule has 0 aliphatic heterocycles. The predicted molar refractivity (Wildman–Crippen MR) is 94.5 cm³/mol. The number of ether oxygens (including phenoxy) is 1. The SMILES string of the molecule is CN(C)S(=O)(=O)Nc1ccc(Oc2ccnc3ccccc23)cc1. The summed E-state index contributed by atoms with van der Waals surface area (Å²) in [6, 6.07) is 16.2. The maximum atomic E-state index is 11.8. The Morgan fingerprint density at radius 2 is 1.71 bits per heavy atom. The fourth-order valence-electron chi connectivity index (χ4n) is 2.12. The molecular weight excluding hydrogens is 326 g/mol. The molecule has 7 heteroatoms. The van der Waals surface area contributed by atoms with Gasteiger partial charge in [0.1, 0.15) is 11.5 Å². The minimum Gasteiger partial charge on any atom is -0.457 e. The first-order valence-electron chi connectivity index (χ1n) is 7.28. The molecule has 0 radical (unpaired) electrons. The molecule has 0 atom stereocenters. The van der Waals surface area contributed by atoms with Crippen molar-refractivity contribution in [3.05, 3.63) is 60.8 Å². The first-order valence-corrected chi connectivity index (χ1v) is 8.72. The molecule has 0 amide bonds. The monoisotopic (exact) mass is 343 g/mol. The molecule has 0 bridgehead atoms. The Bertz CT molecular complexity index is 949. The zero-order valence-corrected chi connectivity index (χ0v) is 14.1. The number of hydrogen-bond donors (Lipinski definition) is 1. The number of nitrogens with zero attached hydrogens (tertiary/aromatic N) is 2. The van der Waals surface area contributed by atoms with Crippen LogP contribution in [-0.4, -0.2) is 31.8 Å². The highest BCUT2D eigenvalue weighted by atomic mass is 32.2. The number of fused-ring (bicyclic) bond motifs is 1. The third kappa shape index (κ3) is 3.47. The summed E-state index contributed by atoms with van der Waals surface area (Å²) in [6.07, 6.45) is 1.69. The quantitative estimate of drug-likeness (QED) is 0.772. The zero-order valence-electron chi connectivity index (χ0n) is 13.3. The van der Waals surface area contributed by atoms with Crippen LogP contribution in [-0.2, 0) is 10.2 Å². The van der Waals surface area contributed by atoms with Crippen LogP contribution in [0.1, 0.15) is 0 Å². The average Bonchev–Trinajstić information content (AvgIpc) is 2.56. The molecule has 124 valence electrons. The second-order valence-electron chi connectivity index (χ2n) is 5.34. The molecular formula is C17H17N3O3S. The van der Waals surface area contributed by atoms with E-state index < -0.39 is 10.2 Å². The van der Waals surface area contributed by atoms with Gasteiger partial charge in [-0.05, 0) is 42.5 Å². The van der Waals surface area contributed by atoms with Crippen molar-refractivity contribution < 1.29 is 13.2 Å². The first kappa shape index (κ1) is 16.2. The molecule has 1 N–H and O–H groups in total. The number of rotatable bonds is 5. The Morgan fingerprint density at radius 3 is 2.42 bits per heavy atom. The first-order chi connectivity index (χ1) is 11.5. The molecule has 6 nitrogen and oxygen atoms in total. The topological polar surface area (TPSA) is 71.5 Å². The highest BCUT2D eigenvalue weighted by Crippen LogP contribution is 2.29. The van der Waals surface area contributed by atoms with Gasteiger partial charge in [0.2, 0.25) is 0 Å². The van der Waals surface area contributed by atoms with Gasteiger partial charge in [0.25, 0.3) is 0 Å². The standard InChI is InChI=1S/C17H17N3O3S/c1-20(2)24(21,22)19-13-7-9-14(10-8-13)23-17-11-12-18-16-6-4-3-5-15(16)17/h3-12,19H,1-2H3. The number of aromatic nitrogens is 1. The van der Waals surface area contributed by atoms with E-state index in [4.69, 9.17) is 4.74 Å². The third-order valence-corrected chi connectivity index (χ3v) is 4.87. The Labute approximate surface area is 140 Å². The van der Waals surface area contributed by atoms with Crippen molar-refractivity contribution in [3.8, 4) is 11.5 Å². The fraction of sp³-hybridized carbons (Fsp3) is 0.118. The molecule has 2 aromatic carbocycles. The summed E-state index contributed by atoms with van der Waals surface area (Å²) >= 11 is 0. The Balaban J connectivity index is 1.81. The van der Waals surface area contributed by atoms with Gasteiger partial charge >= 0.3 is 10.2 Å². The van der Waals surface area contributed by atoms with Crippen molar-refractivity contribution >= 4 is 26.8 Å². The van der Waals surface area contributed by atoms with E-state index in [0.717, 1.165) is 15.2 Å². The van der Waals surface area contributed by atoms with Gasteiger partial charge in [-0.1, -0.05) is 12.1 Å². The van der Waals surface area contributed by atoms with Gasteiger partial charge in [0.15, 0.2) is 0 Å². The summed E-state index contributed by atoms with van der Waals surface area (Å²) < 4.78 is 33.1. The molecule has 0 aliphatic rings. The molecule has 0 spiro atoms. The van der Waals surface area contributed by atoms with Crippen LogP contribution in [0.5, 0.6) is 11.5 Å².